The number of thiazole rings is 1. The number of aromatic nitrogens is 1. The molecule has 28 heavy (non-hydrogen) atoms. The van der Waals surface area contributed by atoms with E-state index < -0.39 is 0 Å². The molecule has 1 aromatic heterocycles. The fourth-order valence-electron chi connectivity index (χ4n) is 2.59. The van der Waals surface area contributed by atoms with E-state index in [9.17, 15) is 9.59 Å². The molecule has 5 nitrogen and oxygen atoms in total. The van der Waals surface area contributed by atoms with E-state index in [0.29, 0.717) is 23.5 Å². The molecule has 0 saturated carbocycles. The Balaban J connectivity index is 1.41. The van der Waals surface area contributed by atoms with E-state index in [2.05, 4.69) is 10.3 Å². The van der Waals surface area contributed by atoms with Crippen molar-refractivity contribution in [2.45, 2.75) is 32.8 Å². The molecule has 3 aromatic rings. The summed E-state index contributed by atoms with van der Waals surface area (Å²) < 4.78 is 5.28. The molecule has 3 rings (SSSR count). The average molecular weight is 394 g/mol. The SMILES string of the molecule is Cc1ccc(NC(=O)Cc2nc(COC(=O)CCc3ccccc3)cs2)cc1. The fraction of sp³-hybridized carbons (Fsp3) is 0.227. The van der Waals surface area contributed by atoms with Gasteiger partial charge in [0.1, 0.15) is 11.6 Å². The molecule has 0 bridgehead atoms. The smallest absolute Gasteiger partial charge is 0.306 e. The Morgan fingerprint density at radius 2 is 1.82 bits per heavy atom. The molecule has 0 saturated heterocycles. The number of ether oxygens (including phenoxy) is 1. The van der Waals surface area contributed by atoms with Gasteiger partial charge in [-0.05, 0) is 31.0 Å². The molecule has 6 heteroatoms. The Labute approximate surface area is 168 Å². The van der Waals surface area contributed by atoms with Gasteiger partial charge in [0.05, 0.1) is 12.1 Å². The zero-order chi connectivity index (χ0) is 19.8. The summed E-state index contributed by atoms with van der Waals surface area (Å²) in [6, 6.07) is 17.5. The Morgan fingerprint density at radius 1 is 1.07 bits per heavy atom. The number of rotatable bonds is 8. The summed E-state index contributed by atoms with van der Waals surface area (Å²) in [6.45, 7) is 2.13. The van der Waals surface area contributed by atoms with E-state index in [1.54, 1.807) is 0 Å². The van der Waals surface area contributed by atoms with Crippen molar-refractivity contribution >= 4 is 28.9 Å². The number of benzene rings is 2. The van der Waals surface area contributed by atoms with Crippen LogP contribution in [-0.2, 0) is 33.8 Å². The van der Waals surface area contributed by atoms with Gasteiger partial charge >= 0.3 is 5.97 Å². The third-order valence-electron chi connectivity index (χ3n) is 4.09. The molecule has 0 spiro atoms. The largest absolute Gasteiger partial charge is 0.459 e. The van der Waals surface area contributed by atoms with Crippen LogP contribution in [0.25, 0.3) is 0 Å². The Kier molecular flexibility index (Phi) is 6.92. The molecule has 2 aromatic carbocycles. The van der Waals surface area contributed by atoms with E-state index in [1.165, 1.54) is 11.3 Å². The van der Waals surface area contributed by atoms with Gasteiger partial charge in [-0.25, -0.2) is 4.98 Å². The number of nitrogens with zero attached hydrogens (tertiary/aromatic N) is 1. The highest BCUT2D eigenvalue weighted by molar-refractivity contribution is 7.09. The van der Waals surface area contributed by atoms with Gasteiger partial charge in [0.25, 0.3) is 0 Å². The molecule has 1 amide bonds. The minimum absolute atomic E-state index is 0.121. The molecular weight excluding hydrogens is 372 g/mol. The third kappa shape index (κ3) is 6.32. The second-order valence-corrected chi connectivity index (χ2v) is 7.41. The van der Waals surface area contributed by atoms with Crippen molar-refractivity contribution in [3.8, 4) is 0 Å². The molecule has 0 unspecified atom stereocenters. The minimum atomic E-state index is -0.254. The van der Waals surface area contributed by atoms with Crippen molar-refractivity contribution in [3.63, 3.8) is 0 Å². The molecule has 0 aliphatic carbocycles. The average Bonchev–Trinajstić information content (AvgIpc) is 3.14. The predicted molar refractivity (Wildman–Crippen MR) is 110 cm³/mol. The summed E-state index contributed by atoms with van der Waals surface area (Å²) in [6.07, 6.45) is 1.18. The Bertz CT molecular complexity index is 920. The van der Waals surface area contributed by atoms with E-state index in [0.717, 1.165) is 16.8 Å². The van der Waals surface area contributed by atoms with Gasteiger partial charge in [0.15, 0.2) is 0 Å². The zero-order valence-electron chi connectivity index (χ0n) is 15.7. The van der Waals surface area contributed by atoms with Gasteiger partial charge in [0, 0.05) is 17.5 Å². The topological polar surface area (TPSA) is 68.3 Å². The second-order valence-electron chi connectivity index (χ2n) is 6.47. The first-order valence-electron chi connectivity index (χ1n) is 9.08. The first-order valence-corrected chi connectivity index (χ1v) is 9.96. The van der Waals surface area contributed by atoms with Crippen LogP contribution in [-0.4, -0.2) is 16.9 Å². The normalized spacial score (nSPS) is 10.5. The number of carbonyl (C=O) groups excluding carboxylic acids is 2. The summed E-state index contributed by atoms with van der Waals surface area (Å²) in [7, 11) is 0. The first kappa shape index (κ1) is 19.8. The quantitative estimate of drug-likeness (QED) is 0.578. The maximum Gasteiger partial charge on any atom is 0.306 e. The number of anilines is 1. The summed E-state index contributed by atoms with van der Waals surface area (Å²) in [5, 5.41) is 5.36. The lowest BCUT2D eigenvalue weighted by atomic mass is 10.1. The predicted octanol–water partition coefficient (Wildman–Crippen LogP) is 4.31. The lowest BCUT2D eigenvalue weighted by molar-refractivity contribution is -0.145. The van der Waals surface area contributed by atoms with Crippen molar-refractivity contribution < 1.29 is 14.3 Å². The van der Waals surface area contributed by atoms with Crippen LogP contribution in [0.2, 0.25) is 0 Å². The van der Waals surface area contributed by atoms with Crippen LogP contribution in [0.4, 0.5) is 5.69 Å². The van der Waals surface area contributed by atoms with Crippen molar-refractivity contribution in [2.24, 2.45) is 0 Å². The van der Waals surface area contributed by atoms with Crippen LogP contribution in [0.15, 0.2) is 60.0 Å². The zero-order valence-corrected chi connectivity index (χ0v) is 16.5. The second kappa shape index (κ2) is 9.80. The number of nitrogens with one attached hydrogen (secondary N) is 1. The maximum atomic E-state index is 12.1. The van der Waals surface area contributed by atoms with Crippen molar-refractivity contribution in [1.82, 2.24) is 4.98 Å². The summed E-state index contributed by atoms with van der Waals surface area (Å²) in [4.78, 5) is 28.4. The van der Waals surface area contributed by atoms with Crippen LogP contribution in [0.5, 0.6) is 0 Å². The summed E-state index contributed by atoms with van der Waals surface area (Å²) >= 11 is 1.39. The van der Waals surface area contributed by atoms with Gasteiger partial charge in [0.2, 0.25) is 5.91 Å². The monoisotopic (exact) mass is 394 g/mol. The van der Waals surface area contributed by atoms with E-state index in [-0.39, 0.29) is 24.9 Å². The number of aryl methyl sites for hydroxylation is 2. The van der Waals surface area contributed by atoms with E-state index >= 15 is 0 Å². The summed E-state index contributed by atoms with van der Waals surface area (Å²) in [5.74, 6) is -0.375. The standard InChI is InChI=1S/C22H22N2O3S/c1-16-7-10-18(11-8-16)23-20(25)13-21-24-19(15-28-21)14-27-22(26)12-9-17-5-3-2-4-6-17/h2-8,10-11,15H,9,12-14H2,1H3,(H,23,25). The molecule has 0 aliphatic rings. The molecule has 0 aliphatic heterocycles. The highest BCUT2D eigenvalue weighted by Gasteiger charge is 2.10. The van der Waals surface area contributed by atoms with Crippen LogP contribution in [0, 0.1) is 6.92 Å². The van der Waals surface area contributed by atoms with Crippen molar-refractivity contribution in [3.05, 3.63) is 81.8 Å². The molecule has 1 N–H and O–H groups in total. The third-order valence-corrected chi connectivity index (χ3v) is 4.99. The highest BCUT2D eigenvalue weighted by atomic mass is 32.1. The van der Waals surface area contributed by atoms with Gasteiger partial charge in [-0.2, -0.15) is 0 Å². The van der Waals surface area contributed by atoms with E-state index in [1.807, 2.05) is 66.9 Å². The number of carbonyl (C=O) groups is 2. The maximum absolute atomic E-state index is 12.1. The lowest BCUT2D eigenvalue weighted by Gasteiger charge is -2.04. The minimum Gasteiger partial charge on any atom is -0.459 e. The van der Waals surface area contributed by atoms with Gasteiger partial charge in [-0.15, -0.1) is 11.3 Å². The molecule has 0 radical (unpaired) electrons. The van der Waals surface area contributed by atoms with Gasteiger partial charge in [-0.1, -0.05) is 48.0 Å². The molecule has 144 valence electrons. The van der Waals surface area contributed by atoms with Crippen LogP contribution in [0.1, 0.15) is 28.2 Å². The number of amides is 1. The fourth-order valence-corrected chi connectivity index (χ4v) is 3.37. The Hall–Kier alpha value is -2.99. The number of hydrogen-bond acceptors (Lipinski definition) is 5. The lowest BCUT2D eigenvalue weighted by Crippen LogP contribution is -2.14. The van der Waals surface area contributed by atoms with E-state index in [4.69, 9.17) is 4.74 Å². The van der Waals surface area contributed by atoms with Crippen molar-refractivity contribution in [2.75, 3.05) is 5.32 Å². The van der Waals surface area contributed by atoms with Crippen LogP contribution >= 0.6 is 11.3 Å². The molecular formula is C22H22N2O3S. The summed E-state index contributed by atoms with van der Waals surface area (Å²) in [5.41, 5.74) is 3.67. The number of esters is 1. The van der Waals surface area contributed by atoms with Gasteiger partial charge in [-0.3, -0.25) is 9.59 Å². The highest BCUT2D eigenvalue weighted by Crippen LogP contribution is 2.14. The molecule has 0 fully saturated rings. The molecule has 1 heterocycles. The first-order chi connectivity index (χ1) is 13.6. The number of hydrogen-bond donors (Lipinski definition) is 1. The van der Waals surface area contributed by atoms with Crippen LogP contribution in [0.3, 0.4) is 0 Å². The van der Waals surface area contributed by atoms with Crippen LogP contribution < -0.4 is 5.32 Å². The Morgan fingerprint density at radius 3 is 2.57 bits per heavy atom. The van der Waals surface area contributed by atoms with Gasteiger partial charge < -0.3 is 10.1 Å². The van der Waals surface area contributed by atoms with Crippen molar-refractivity contribution in [1.29, 1.82) is 0 Å². The molecule has 0 atom stereocenters.